The number of nitrogens with zero attached hydrogens (tertiary/aromatic N) is 1. The third-order valence-corrected chi connectivity index (χ3v) is 4.92. The molecule has 0 saturated heterocycles. The Kier molecular flexibility index (Phi) is 4.68. The first-order chi connectivity index (χ1) is 9.77. The van der Waals surface area contributed by atoms with E-state index in [0.29, 0.717) is 17.5 Å². The highest BCUT2D eigenvalue weighted by Crippen LogP contribution is 2.21. The first-order valence-corrected chi connectivity index (χ1v) is 8.96. The van der Waals surface area contributed by atoms with E-state index in [4.69, 9.17) is 0 Å². The lowest BCUT2D eigenvalue weighted by Crippen LogP contribution is -2.37. The van der Waals surface area contributed by atoms with Crippen molar-refractivity contribution in [3.05, 3.63) is 29.8 Å². The van der Waals surface area contributed by atoms with Gasteiger partial charge in [-0.15, -0.1) is 0 Å². The van der Waals surface area contributed by atoms with E-state index in [1.54, 1.807) is 24.3 Å². The minimum Gasteiger partial charge on any atom is -0.352 e. The van der Waals surface area contributed by atoms with Gasteiger partial charge in [0.1, 0.15) is 0 Å². The zero-order valence-corrected chi connectivity index (χ0v) is 13.5. The van der Waals surface area contributed by atoms with Gasteiger partial charge in [0.2, 0.25) is 5.91 Å². The van der Waals surface area contributed by atoms with Gasteiger partial charge >= 0.3 is 0 Å². The second-order valence-corrected chi connectivity index (χ2v) is 7.79. The van der Waals surface area contributed by atoms with Gasteiger partial charge < -0.3 is 5.32 Å². The summed E-state index contributed by atoms with van der Waals surface area (Å²) in [6, 6.07) is 7.24. The van der Waals surface area contributed by atoms with Crippen molar-refractivity contribution in [3.8, 4) is 0 Å². The van der Waals surface area contributed by atoms with E-state index in [9.17, 15) is 13.2 Å². The van der Waals surface area contributed by atoms with Crippen molar-refractivity contribution < 1.29 is 13.2 Å². The van der Waals surface area contributed by atoms with Gasteiger partial charge in [-0.2, -0.15) is 0 Å². The van der Waals surface area contributed by atoms with Gasteiger partial charge in [0.05, 0.1) is 11.4 Å². The molecule has 1 amide bonds. The zero-order valence-electron chi connectivity index (χ0n) is 12.7. The summed E-state index contributed by atoms with van der Waals surface area (Å²) in [7, 11) is -1.28. The number of nitrogens with one attached hydrogen (secondary N) is 1. The molecular weight excluding hydrogens is 288 g/mol. The molecule has 116 valence electrons. The molecule has 5 nitrogen and oxygen atoms in total. The summed E-state index contributed by atoms with van der Waals surface area (Å²) in [6.07, 6.45) is 3.36. The fourth-order valence-corrected chi connectivity index (χ4v) is 2.74. The van der Waals surface area contributed by atoms with E-state index >= 15 is 0 Å². The molecule has 1 aromatic rings. The molecule has 0 bridgehead atoms. The smallest absolute Gasteiger partial charge is 0.234 e. The molecule has 1 unspecified atom stereocenters. The van der Waals surface area contributed by atoms with Crippen molar-refractivity contribution in [3.63, 3.8) is 0 Å². The molecule has 0 heterocycles. The van der Waals surface area contributed by atoms with Gasteiger partial charge in [-0.05, 0) is 44.5 Å². The largest absolute Gasteiger partial charge is 0.352 e. The molecule has 0 aromatic heterocycles. The van der Waals surface area contributed by atoms with E-state index in [2.05, 4.69) is 5.32 Å². The van der Waals surface area contributed by atoms with Crippen LogP contribution in [0.1, 0.15) is 31.4 Å². The van der Waals surface area contributed by atoms with Crippen LogP contribution >= 0.6 is 0 Å². The average Bonchev–Trinajstić information content (AvgIpc) is 3.20. The summed E-state index contributed by atoms with van der Waals surface area (Å²) in [5, 5.41) is 2.96. The van der Waals surface area contributed by atoms with Crippen molar-refractivity contribution in [1.29, 1.82) is 0 Å². The number of rotatable bonds is 6. The maximum atomic E-state index is 11.8. The van der Waals surface area contributed by atoms with Crippen LogP contribution in [-0.4, -0.2) is 45.1 Å². The van der Waals surface area contributed by atoms with Gasteiger partial charge in [-0.25, -0.2) is 8.42 Å². The van der Waals surface area contributed by atoms with E-state index in [-0.39, 0.29) is 11.9 Å². The molecule has 1 saturated carbocycles. The maximum absolute atomic E-state index is 11.8. The molecule has 21 heavy (non-hydrogen) atoms. The van der Waals surface area contributed by atoms with E-state index in [1.807, 2.05) is 18.9 Å². The summed E-state index contributed by atoms with van der Waals surface area (Å²) >= 11 is 0. The van der Waals surface area contributed by atoms with Crippen molar-refractivity contribution in [2.24, 2.45) is 0 Å². The van der Waals surface area contributed by atoms with Crippen molar-refractivity contribution in [2.75, 3.05) is 19.8 Å². The SMILES string of the molecule is CC(c1ccc(S(C)(=O)=O)cc1)N(C)CC(=O)NC1CC1. The van der Waals surface area contributed by atoms with Crippen LogP contribution in [0.15, 0.2) is 29.2 Å². The van der Waals surface area contributed by atoms with E-state index in [0.717, 1.165) is 18.4 Å². The minimum absolute atomic E-state index is 0.0413. The van der Waals surface area contributed by atoms with Crippen LogP contribution < -0.4 is 5.32 Å². The van der Waals surface area contributed by atoms with Crippen LogP contribution in [0, 0.1) is 0 Å². The van der Waals surface area contributed by atoms with Gasteiger partial charge in [-0.1, -0.05) is 12.1 Å². The lowest BCUT2D eigenvalue weighted by atomic mass is 10.1. The quantitative estimate of drug-likeness (QED) is 0.861. The fraction of sp³-hybridized carbons (Fsp3) is 0.533. The molecule has 1 N–H and O–H groups in total. The number of sulfone groups is 1. The Morgan fingerprint density at radius 1 is 1.33 bits per heavy atom. The zero-order chi connectivity index (χ0) is 15.6. The Bertz CT molecular complexity index is 606. The third kappa shape index (κ3) is 4.54. The second kappa shape index (κ2) is 6.15. The number of benzene rings is 1. The Hall–Kier alpha value is -1.40. The molecule has 1 aliphatic carbocycles. The van der Waals surface area contributed by atoms with Gasteiger partial charge in [0, 0.05) is 18.3 Å². The number of carbonyl (C=O) groups is 1. The summed E-state index contributed by atoms with van der Waals surface area (Å²) < 4.78 is 22.9. The van der Waals surface area contributed by atoms with Crippen LogP contribution in [0.4, 0.5) is 0 Å². The highest BCUT2D eigenvalue weighted by molar-refractivity contribution is 7.90. The van der Waals surface area contributed by atoms with Crippen LogP contribution in [0.25, 0.3) is 0 Å². The maximum Gasteiger partial charge on any atom is 0.234 e. The number of carbonyl (C=O) groups excluding carboxylic acids is 1. The van der Waals surface area contributed by atoms with Crippen LogP contribution in [0.3, 0.4) is 0 Å². The highest BCUT2D eigenvalue weighted by atomic mass is 32.2. The molecule has 0 aliphatic heterocycles. The Labute approximate surface area is 126 Å². The normalized spacial score (nSPS) is 16.8. The summed E-state index contributed by atoms with van der Waals surface area (Å²) in [5.74, 6) is 0.0413. The van der Waals surface area contributed by atoms with Crippen molar-refractivity contribution >= 4 is 15.7 Å². The standard InChI is InChI=1S/C15H22N2O3S/c1-11(17(2)10-15(18)16-13-6-7-13)12-4-8-14(9-5-12)21(3,19)20/h4-5,8-9,11,13H,6-7,10H2,1-3H3,(H,16,18). The number of hydrogen-bond acceptors (Lipinski definition) is 4. The van der Waals surface area contributed by atoms with Gasteiger partial charge in [0.15, 0.2) is 9.84 Å². The Morgan fingerprint density at radius 3 is 2.38 bits per heavy atom. The average molecular weight is 310 g/mol. The molecule has 1 aromatic carbocycles. The summed E-state index contributed by atoms with van der Waals surface area (Å²) in [5.41, 5.74) is 0.990. The number of likely N-dealkylation sites (N-methyl/N-ethyl adjacent to an activating group) is 1. The lowest BCUT2D eigenvalue weighted by molar-refractivity contribution is -0.122. The van der Waals surface area contributed by atoms with Crippen molar-refractivity contribution in [2.45, 2.75) is 36.7 Å². The Morgan fingerprint density at radius 2 is 1.90 bits per heavy atom. The molecule has 0 spiro atoms. The monoisotopic (exact) mass is 310 g/mol. The predicted octanol–water partition coefficient (Wildman–Crippen LogP) is 1.36. The van der Waals surface area contributed by atoms with Gasteiger partial charge in [0.25, 0.3) is 0 Å². The topological polar surface area (TPSA) is 66.5 Å². The van der Waals surface area contributed by atoms with E-state index in [1.165, 1.54) is 6.26 Å². The van der Waals surface area contributed by atoms with Crippen LogP contribution in [0.5, 0.6) is 0 Å². The molecule has 1 atom stereocenters. The molecule has 2 rings (SSSR count). The number of amides is 1. The predicted molar refractivity (Wildman–Crippen MR) is 81.8 cm³/mol. The van der Waals surface area contributed by atoms with Crippen LogP contribution in [-0.2, 0) is 14.6 Å². The summed E-state index contributed by atoms with van der Waals surface area (Å²) in [4.78, 5) is 14.1. The van der Waals surface area contributed by atoms with E-state index < -0.39 is 9.84 Å². The first-order valence-electron chi connectivity index (χ1n) is 7.07. The van der Waals surface area contributed by atoms with Crippen molar-refractivity contribution in [1.82, 2.24) is 10.2 Å². The molecule has 1 fully saturated rings. The minimum atomic E-state index is -3.17. The van der Waals surface area contributed by atoms with Gasteiger partial charge in [-0.3, -0.25) is 9.69 Å². The highest BCUT2D eigenvalue weighted by Gasteiger charge is 2.24. The van der Waals surface area contributed by atoms with Crippen LogP contribution in [0.2, 0.25) is 0 Å². The molecular formula is C15H22N2O3S. The fourth-order valence-electron chi connectivity index (χ4n) is 2.11. The summed E-state index contributed by atoms with van der Waals surface area (Å²) in [6.45, 7) is 2.34. The molecule has 1 aliphatic rings. The number of hydrogen-bond donors (Lipinski definition) is 1. The second-order valence-electron chi connectivity index (χ2n) is 5.77. The molecule has 0 radical (unpaired) electrons. The Balaban J connectivity index is 1.97. The third-order valence-electron chi connectivity index (χ3n) is 3.79. The first kappa shape index (κ1) is 16.0. The lowest BCUT2D eigenvalue weighted by Gasteiger charge is -2.24. The molecule has 6 heteroatoms.